The number of hydrogen-bond acceptors (Lipinski definition) is 1. The second kappa shape index (κ2) is 5.22. The number of likely N-dealkylation sites (tertiary alicyclic amines) is 1. The highest BCUT2D eigenvalue weighted by molar-refractivity contribution is 5.78. The molecule has 2 nitrogen and oxygen atoms in total. The Bertz CT molecular complexity index is 292. The van der Waals surface area contributed by atoms with Crippen LogP contribution >= 0.6 is 0 Å². The molecule has 1 saturated carbocycles. The minimum absolute atomic E-state index is 0.161. The molecule has 1 amide bonds. The summed E-state index contributed by atoms with van der Waals surface area (Å²) in [4.78, 5) is 14.0. The monoisotopic (exact) mass is 251 g/mol. The van der Waals surface area contributed by atoms with Crippen molar-refractivity contribution < 1.29 is 4.79 Å². The lowest BCUT2D eigenvalue weighted by atomic mass is 9.56. The average Bonchev–Trinajstić information content (AvgIpc) is 2.26. The summed E-state index contributed by atoms with van der Waals surface area (Å²) in [6, 6.07) is 0. The summed E-state index contributed by atoms with van der Waals surface area (Å²) in [7, 11) is 0. The standard InChI is InChI=1S/C16H29NO/c1-12(2)9-14-10-16(11-14)5-7-17(8-6-16)15(18)13(3)4/h12-14H,5-11H2,1-4H3. The maximum Gasteiger partial charge on any atom is 0.225 e. The minimum atomic E-state index is 0.161. The molecule has 1 heterocycles. The number of carbonyl (C=O) groups is 1. The fourth-order valence-electron chi connectivity index (χ4n) is 3.97. The number of carbonyl (C=O) groups excluding carboxylic acids is 1. The number of amides is 1. The van der Waals surface area contributed by atoms with Crippen LogP contribution in [0.1, 0.15) is 59.8 Å². The van der Waals surface area contributed by atoms with Crippen LogP contribution in [0, 0.1) is 23.2 Å². The molecule has 2 fully saturated rings. The van der Waals surface area contributed by atoms with Crippen molar-refractivity contribution in [2.75, 3.05) is 13.1 Å². The van der Waals surface area contributed by atoms with Crippen LogP contribution in [0.5, 0.6) is 0 Å². The first-order valence-corrected chi connectivity index (χ1v) is 7.71. The van der Waals surface area contributed by atoms with E-state index in [9.17, 15) is 4.79 Å². The van der Waals surface area contributed by atoms with Gasteiger partial charge < -0.3 is 4.90 Å². The second-order valence-electron chi connectivity index (χ2n) is 7.38. The third-order valence-electron chi connectivity index (χ3n) is 4.88. The molecule has 104 valence electrons. The molecule has 0 aromatic rings. The predicted molar refractivity (Wildman–Crippen MR) is 75.3 cm³/mol. The van der Waals surface area contributed by atoms with Crippen LogP contribution in [0.15, 0.2) is 0 Å². The van der Waals surface area contributed by atoms with Crippen LogP contribution in [0.4, 0.5) is 0 Å². The third kappa shape index (κ3) is 2.89. The first-order chi connectivity index (χ1) is 8.42. The molecule has 1 aliphatic heterocycles. The molecule has 0 unspecified atom stereocenters. The van der Waals surface area contributed by atoms with Gasteiger partial charge in [-0.1, -0.05) is 27.7 Å². The number of nitrogens with zero attached hydrogens (tertiary/aromatic N) is 1. The van der Waals surface area contributed by atoms with Crippen molar-refractivity contribution in [2.24, 2.45) is 23.2 Å². The molecule has 1 saturated heterocycles. The fraction of sp³-hybridized carbons (Fsp3) is 0.938. The Morgan fingerprint density at radius 2 is 1.72 bits per heavy atom. The Kier molecular flexibility index (Phi) is 4.03. The van der Waals surface area contributed by atoms with Gasteiger partial charge in [0.15, 0.2) is 0 Å². The summed E-state index contributed by atoms with van der Waals surface area (Å²) in [6.45, 7) is 10.7. The highest BCUT2D eigenvalue weighted by Gasteiger charge is 2.46. The summed E-state index contributed by atoms with van der Waals surface area (Å²) in [5.74, 6) is 2.32. The molecule has 18 heavy (non-hydrogen) atoms. The van der Waals surface area contributed by atoms with Gasteiger partial charge in [-0.2, -0.15) is 0 Å². The minimum Gasteiger partial charge on any atom is -0.342 e. The number of rotatable bonds is 3. The van der Waals surface area contributed by atoms with Gasteiger partial charge in [-0.25, -0.2) is 0 Å². The Balaban J connectivity index is 1.77. The largest absolute Gasteiger partial charge is 0.342 e. The van der Waals surface area contributed by atoms with Crippen molar-refractivity contribution in [3.63, 3.8) is 0 Å². The fourth-order valence-corrected chi connectivity index (χ4v) is 3.97. The van der Waals surface area contributed by atoms with E-state index in [0.29, 0.717) is 11.3 Å². The maximum absolute atomic E-state index is 12.0. The normalized spacial score (nSPS) is 23.8. The molecule has 0 radical (unpaired) electrons. The Morgan fingerprint density at radius 1 is 1.17 bits per heavy atom. The van der Waals surface area contributed by atoms with Gasteiger partial charge >= 0.3 is 0 Å². The van der Waals surface area contributed by atoms with E-state index in [1.807, 2.05) is 13.8 Å². The topological polar surface area (TPSA) is 20.3 Å². The first kappa shape index (κ1) is 13.9. The van der Waals surface area contributed by atoms with Gasteiger partial charge in [0.2, 0.25) is 5.91 Å². The second-order valence-corrected chi connectivity index (χ2v) is 7.38. The molecule has 2 aliphatic rings. The molecule has 0 aromatic heterocycles. The molecule has 0 atom stereocenters. The van der Waals surface area contributed by atoms with Crippen LogP contribution in [-0.2, 0) is 4.79 Å². The van der Waals surface area contributed by atoms with Crippen molar-refractivity contribution in [1.29, 1.82) is 0 Å². The van der Waals surface area contributed by atoms with Gasteiger partial charge in [-0.15, -0.1) is 0 Å². The zero-order valence-electron chi connectivity index (χ0n) is 12.5. The van der Waals surface area contributed by atoms with Crippen LogP contribution in [-0.4, -0.2) is 23.9 Å². The van der Waals surface area contributed by atoms with E-state index < -0.39 is 0 Å². The lowest BCUT2D eigenvalue weighted by Gasteiger charge is -2.53. The molecule has 0 N–H and O–H groups in total. The van der Waals surface area contributed by atoms with Crippen molar-refractivity contribution in [3.05, 3.63) is 0 Å². The van der Waals surface area contributed by atoms with Gasteiger partial charge in [0.1, 0.15) is 0 Å². The Hall–Kier alpha value is -0.530. The smallest absolute Gasteiger partial charge is 0.225 e. The van der Waals surface area contributed by atoms with Crippen molar-refractivity contribution >= 4 is 5.91 Å². The van der Waals surface area contributed by atoms with Crippen molar-refractivity contribution in [2.45, 2.75) is 59.8 Å². The zero-order valence-corrected chi connectivity index (χ0v) is 12.5. The van der Waals surface area contributed by atoms with E-state index in [0.717, 1.165) is 24.9 Å². The zero-order chi connectivity index (χ0) is 13.3. The van der Waals surface area contributed by atoms with Gasteiger partial charge in [-0.05, 0) is 49.4 Å². The Labute approximate surface area is 112 Å². The summed E-state index contributed by atoms with van der Waals surface area (Å²) in [5.41, 5.74) is 0.618. The van der Waals surface area contributed by atoms with Gasteiger partial charge in [0.05, 0.1) is 0 Å². The van der Waals surface area contributed by atoms with E-state index in [-0.39, 0.29) is 5.92 Å². The molecular weight excluding hydrogens is 222 g/mol. The molecule has 0 aromatic carbocycles. The van der Waals surface area contributed by atoms with Gasteiger partial charge in [0.25, 0.3) is 0 Å². The summed E-state index contributed by atoms with van der Waals surface area (Å²) < 4.78 is 0. The molecule has 1 spiro atoms. The van der Waals surface area contributed by atoms with E-state index in [1.165, 1.54) is 32.1 Å². The molecule has 1 aliphatic carbocycles. The predicted octanol–water partition coefficient (Wildman–Crippen LogP) is 3.71. The average molecular weight is 251 g/mol. The van der Waals surface area contributed by atoms with E-state index in [1.54, 1.807) is 0 Å². The van der Waals surface area contributed by atoms with E-state index in [2.05, 4.69) is 18.7 Å². The lowest BCUT2D eigenvalue weighted by Crippen LogP contribution is -2.49. The first-order valence-electron chi connectivity index (χ1n) is 7.71. The highest BCUT2D eigenvalue weighted by Crippen LogP contribution is 2.54. The molecule has 2 rings (SSSR count). The lowest BCUT2D eigenvalue weighted by molar-refractivity contribution is -0.138. The van der Waals surface area contributed by atoms with Crippen LogP contribution in [0.3, 0.4) is 0 Å². The van der Waals surface area contributed by atoms with Crippen LogP contribution in [0.25, 0.3) is 0 Å². The molecule has 0 bridgehead atoms. The summed E-state index contributed by atoms with van der Waals surface area (Å²) in [5, 5.41) is 0. The third-order valence-corrected chi connectivity index (χ3v) is 4.88. The van der Waals surface area contributed by atoms with E-state index >= 15 is 0 Å². The highest BCUT2D eigenvalue weighted by atomic mass is 16.2. The number of hydrogen-bond donors (Lipinski definition) is 0. The van der Waals surface area contributed by atoms with E-state index in [4.69, 9.17) is 0 Å². The quantitative estimate of drug-likeness (QED) is 0.749. The SMILES string of the molecule is CC(C)CC1CC2(CCN(C(=O)C(C)C)CC2)C1. The van der Waals surface area contributed by atoms with Crippen molar-refractivity contribution in [1.82, 2.24) is 4.90 Å². The molecule has 2 heteroatoms. The maximum atomic E-state index is 12.0. The van der Waals surface area contributed by atoms with Crippen molar-refractivity contribution in [3.8, 4) is 0 Å². The summed E-state index contributed by atoms with van der Waals surface area (Å²) in [6.07, 6.45) is 6.75. The Morgan fingerprint density at radius 3 is 2.17 bits per heavy atom. The van der Waals surface area contributed by atoms with Gasteiger partial charge in [-0.3, -0.25) is 4.79 Å². The molecular formula is C16H29NO. The van der Waals surface area contributed by atoms with Crippen LogP contribution < -0.4 is 0 Å². The summed E-state index contributed by atoms with van der Waals surface area (Å²) >= 11 is 0. The van der Waals surface area contributed by atoms with Crippen LogP contribution in [0.2, 0.25) is 0 Å². The van der Waals surface area contributed by atoms with Gasteiger partial charge in [0, 0.05) is 19.0 Å². The number of piperidine rings is 1.